The summed E-state index contributed by atoms with van der Waals surface area (Å²) in [4.78, 5) is 12.0. The highest BCUT2D eigenvalue weighted by Crippen LogP contribution is 2.31. The minimum Gasteiger partial charge on any atom is -0.393 e. The highest BCUT2D eigenvalue weighted by molar-refractivity contribution is 7.08. The molecule has 0 saturated carbocycles. The Morgan fingerprint density at radius 1 is 1.25 bits per heavy atom. The predicted octanol–water partition coefficient (Wildman–Crippen LogP) is 3.96. The van der Waals surface area contributed by atoms with Crippen LogP contribution in [0.1, 0.15) is 19.8 Å². The van der Waals surface area contributed by atoms with Gasteiger partial charge in [-0.3, -0.25) is 0 Å². The molecule has 3 heterocycles. The van der Waals surface area contributed by atoms with Crippen LogP contribution in [0.3, 0.4) is 0 Å². The van der Waals surface area contributed by atoms with Crippen molar-refractivity contribution in [2.45, 2.75) is 25.9 Å². The number of aliphatic hydroxyl groups is 1. The largest absolute Gasteiger partial charge is 0.393 e. The number of rotatable bonds is 3. The number of para-hydroxylation sites is 1. The number of nitrogens with zero attached hydrogens (tertiary/aromatic N) is 3. The second-order valence-electron chi connectivity index (χ2n) is 6.49. The van der Waals surface area contributed by atoms with E-state index < -0.39 is 0 Å². The lowest BCUT2D eigenvalue weighted by molar-refractivity contribution is 0.115. The van der Waals surface area contributed by atoms with Crippen molar-refractivity contribution in [1.82, 2.24) is 9.97 Å². The van der Waals surface area contributed by atoms with Gasteiger partial charge in [-0.1, -0.05) is 12.1 Å². The van der Waals surface area contributed by atoms with Crippen LogP contribution >= 0.6 is 11.3 Å². The molecular weight excluding hydrogens is 318 g/mol. The lowest BCUT2D eigenvalue weighted by Crippen LogP contribution is -2.40. The van der Waals surface area contributed by atoms with Crippen molar-refractivity contribution in [3.05, 3.63) is 41.1 Å². The molecule has 5 heteroatoms. The molecule has 1 saturated heterocycles. The molecule has 2 aromatic heterocycles. The predicted molar refractivity (Wildman–Crippen MR) is 99.5 cm³/mol. The SMILES string of the molecule is CC(O)C1CCCN(c2nc(-c3ccsc3)nc3ccccc23)C1. The van der Waals surface area contributed by atoms with Gasteiger partial charge in [0.2, 0.25) is 0 Å². The summed E-state index contributed by atoms with van der Waals surface area (Å²) in [5.41, 5.74) is 2.04. The maximum Gasteiger partial charge on any atom is 0.162 e. The van der Waals surface area contributed by atoms with Gasteiger partial charge in [0.15, 0.2) is 5.82 Å². The molecule has 4 nitrogen and oxygen atoms in total. The molecule has 0 amide bonds. The maximum absolute atomic E-state index is 10.0. The molecule has 124 valence electrons. The van der Waals surface area contributed by atoms with Crippen LogP contribution in [-0.4, -0.2) is 34.3 Å². The molecule has 1 aliphatic rings. The van der Waals surface area contributed by atoms with Crippen LogP contribution in [0.4, 0.5) is 5.82 Å². The summed E-state index contributed by atoms with van der Waals surface area (Å²) in [6.07, 6.45) is 1.88. The fourth-order valence-electron chi connectivity index (χ4n) is 3.42. The van der Waals surface area contributed by atoms with E-state index in [1.807, 2.05) is 25.1 Å². The van der Waals surface area contributed by atoms with Crippen LogP contribution in [0, 0.1) is 5.92 Å². The number of anilines is 1. The van der Waals surface area contributed by atoms with Gasteiger partial charge in [0.05, 0.1) is 11.6 Å². The second-order valence-corrected chi connectivity index (χ2v) is 7.27. The Labute approximate surface area is 145 Å². The van der Waals surface area contributed by atoms with Crippen molar-refractivity contribution in [3.63, 3.8) is 0 Å². The second kappa shape index (κ2) is 6.49. The van der Waals surface area contributed by atoms with E-state index in [-0.39, 0.29) is 6.10 Å². The number of hydrogen-bond acceptors (Lipinski definition) is 5. The first-order chi connectivity index (χ1) is 11.7. The van der Waals surface area contributed by atoms with Crippen LogP contribution in [-0.2, 0) is 0 Å². The third-order valence-corrected chi connectivity index (χ3v) is 5.49. The number of aliphatic hydroxyl groups excluding tert-OH is 1. The minimum atomic E-state index is -0.280. The molecular formula is C19H21N3OS. The Bertz CT molecular complexity index is 832. The number of benzene rings is 1. The Balaban J connectivity index is 1.81. The van der Waals surface area contributed by atoms with Crippen molar-refractivity contribution < 1.29 is 5.11 Å². The van der Waals surface area contributed by atoms with Gasteiger partial charge in [-0.15, -0.1) is 0 Å². The van der Waals surface area contributed by atoms with E-state index >= 15 is 0 Å². The van der Waals surface area contributed by atoms with Gasteiger partial charge in [-0.05, 0) is 43.3 Å². The lowest BCUT2D eigenvalue weighted by Gasteiger charge is -2.35. The van der Waals surface area contributed by atoms with Gasteiger partial charge < -0.3 is 10.0 Å². The summed E-state index contributed by atoms with van der Waals surface area (Å²) < 4.78 is 0. The molecule has 0 radical (unpaired) electrons. The van der Waals surface area contributed by atoms with E-state index in [1.54, 1.807) is 11.3 Å². The first-order valence-corrected chi connectivity index (χ1v) is 9.39. The Morgan fingerprint density at radius 3 is 2.92 bits per heavy atom. The van der Waals surface area contributed by atoms with Crippen molar-refractivity contribution in [3.8, 4) is 11.4 Å². The highest BCUT2D eigenvalue weighted by atomic mass is 32.1. The summed E-state index contributed by atoms with van der Waals surface area (Å²) in [6.45, 7) is 3.72. The maximum atomic E-state index is 10.0. The molecule has 0 spiro atoms. The molecule has 2 unspecified atom stereocenters. The van der Waals surface area contributed by atoms with E-state index in [9.17, 15) is 5.11 Å². The van der Waals surface area contributed by atoms with E-state index in [0.29, 0.717) is 5.92 Å². The van der Waals surface area contributed by atoms with Crippen molar-refractivity contribution >= 4 is 28.1 Å². The molecule has 1 N–H and O–H groups in total. The highest BCUT2D eigenvalue weighted by Gasteiger charge is 2.26. The minimum absolute atomic E-state index is 0.280. The molecule has 4 rings (SSSR count). The molecule has 1 aliphatic heterocycles. The number of piperidine rings is 1. The fraction of sp³-hybridized carbons (Fsp3) is 0.368. The first kappa shape index (κ1) is 15.5. The van der Waals surface area contributed by atoms with Crippen LogP contribution in [0.25, 0.3) is 22.3 Å². The summed E-state index contributed by atoms with van der Waals surface area (Å²) in [5, 5.41) is 15.2. The van der Waals surface area contributed by atoms with Crippen LogP contribution in [0.15, 0.2) is 41.1 Å². The third kappa shape index (κ3) is 2.89. The number of hydrogen-bond donors (Lipinski definition) is 1. The molecule has 0 aliphatic carbocycles. The molecule has 1 aromatic carbocycles. The van der Waals surface area contributed by atoms with Gasteiger partial charge in [0.1, 0.15) is 5.82 Å². The zero-order chi connectivity index (χ0) is 16.5. The molecule has 2 atom stereocenters. The Hall–Kier alpha value is -1.98. The Morgan fingerprint density at radius 2 is 2.12 bits per heavy atom. The molecule has 0 bridgehead atoms. The molecule has 3 aromatic rings. The number of thiophene rings is 1. The standard InChI is InChI=1S/C19H21N3OS/c1-13(23)14-5-4-9-22(11-14)19-16-6-2-3-7-17(16)20-18(21-19)15-8-10-24-12-15/h2-3,6-8,10,12-14,23H,4-5,9,11H2,1H3. The number of fused-ring (bicyclic) bond motifs is 1. The third-order valence-electron chi connectivity index (χ3n) is 4.80. The van der Waals surface area contributed by atoms with E-state index in [4.69, 9.17) is 9.97 Å². The van der Waals surface area contributed by atoms with Crippen molar-refractivity contribution in [2.24, 2.45) is 5.92 Å². The summed E-state index contributed by atoms with van der Waals surface area (Å²) in [5.74, 6) is 2.08. The monoisotopic (exact) mass is 339 g/mol. The van der Waals surface area contributed by atoms with Crippen LogP contribution in [0.2, 0.25) is 0 Å². The first-order valence-electron chi connectivity index (χ1n) is 8.45. The van der Waals surface area contributed by atoms with E-state index in [0.717, 1.165) is 54.0 Å². The summed E-state index contributed by atoms with van der Waals surface area (Å²) >= 11 is 1.66. The van der Waals surface area contributed by atoms with Crippen molar-refractivity contribution in [2.75, 3.05) is 18.0 Å². The van der Waals surface area contributed by atoms with Crippen LogP contribution in [0.5, 0.6) is 0 Å². The van der Waals surface area contributed by atoms with Gasteiger partial charge in [-0.25, -0.2) is 9.97 Å². The summed E-state index contributed by atoms with van der Waals surface area (Å²) in [6, 6.07) is 10.3. The zero-order valence-electron chi connectivity index (χ0n) is 13.7. The zero-order valence-corrected chi connectivity index (χ0v) is 14.5. The normalized spacial score (nSPS) is 19.6. The van der Waals surface area contributed by atoms with Crippen LogP contribution < -0.4 is 4.90 Å². The smallest absolute Gasteiger partial charge is 0.162 e. The average molecular weight is 339 g/mol. The van der Waals surface area contributed by atoms with Gasteiger partial charge >= 0.3 is 0 Å². The van der Waals surface area contributed by atoms with Gasteiger partial charge in [-0.2, -0.15) is 11.3 Å². The quantitative estimate of drug-likeness (QED) is 0.785. The van der Waals surface area contributed by atoms with Gasteiger partial charge in [0.25, 0.3) is 0 Å². The molecule has 1 fully saturated rings. The number of aromatic nitrogens is 2. The van der Waals surface area contributed by atoms with Gasteiger partial charge in [0, 0.05) is 35.3 Å². The van der Waals surface area contributed by atoms with E-state index in [1.165, 1.54) is 0 Å². The topological polar surface area (TPSA) is 49.2 Å². The Kier molecular flexibility index (Phi) is 4.21. The molecule has 24 heavy (non-hydrogen) atoms. The lowest BCUT2D eigenvalue weighted by atomic mass is 9.93. The van der Waals surface area contributed by atoms with Crippen molar-refractivity contribution in [1.29, 1.82) is 0 Å². The fourth-order valence-corrected chi connectivity index (χ4v) is 4.05. The van der Waals surface area contributed by atoms with E-state index in [2.05, 4.69) is 27.8 Å². The summed E-state index contributed by atoms with van der Waals surface area (Å²) in [7, 11) is 0. The average Bonchev–Trinajstić information content (AvgIpc) is 3.15.